The lowest BCUT2D eigenvalue weighted by molar-refractivity contribution is -0.165. The van der Waals surface area contributed by atoms with Crippen LogP contribution in [0.1, 0.15) is 13.8 Å². The van der Waals surface area contributed by atoms with E-state index in [1.54, 1.807) is 0 Å². The third-order valence-electron chi connectivity index (χ3n) is 2.12. The van der Waals surface area contributed by atoms with E-state index in [9.17, 15) is 18.4 Å². The molecule has 0 amide bonds. The highest BCUT2D eigenvalue weighted by molar-refractivity contribution is 6.11. The third kappa shape index (κ3) is 5.95. The predicted molar refractivity (Wildman–Crippen MR) is 58.2 cm³/mol. The van der Waals surface area contributed by atoms with Gasteiger partial charge < -0.3 is 14.2 Å². The Morgan fingerprint density at radius 3 is 2.11 bits per heavy atom. The van der Waals surface area contributed by atoms with Gasteiger partial charge in [0.1, 0.15) is 20.6 Å². The van der Waals surface area contributed by atoms with Crippen molar-refractivity contribution in [2.45, 2.75) is 32.4 Å². The molecule has 0 aliphatic heterocycles. The summed E-state index contributed by atoms with van der Waals surface area (Å²) in [5.74, 6) is -3.04. The largest absolute Gasteiger partial charge is 0.465 e. The summed E-state index contributed by atoms with van der Waals surface area (Å²) in [6.45, 7) is 1.53. The normalized spacial score (nSPS) is 15.9. The summed E-state index contributed by atoms with van der Waals surface area (Å²) in [7, 11) is 6.63. The van der Waals surface area contributed by atoms with E-state index in [0.717, 1.165) is 13.8 Å². The Morgan fingerprint density at radius 1 is 1.22 bits per heavy atom. The van der Waals surface area contributed by atoms with Crippen molar-refractivity contribution in [3.05, 3.63) is 0 Å². The molecule has 0 aromatic heterocycles. The lowest BCUT2D eigenvalue weighted by atomic mass is 9.86. The van der Waals surface area contributed by atoms with Crippen molar-refractivity contribution in [2.75, 3.05) is 13.7 Å². The van der Waals surface area contributed by atoms with Crippen LogP contribution in [0, 0.1) is 5.92 Å². The molecule has 0 N–H and O–H groups in total. The Labute approximate surface area is 105 Å². The third-order valence-corrected chi connectivity index (χ3v) is 2.12. The summed E-state index contributed by atoms with van der Waals surface area (Å²) in [6, 6.07) is -1.23. The van der Waals surface area contributed by atoms with E-state index in [-0.39, 0.29) is 0 Å². The minimum atomic E-state index is -2.88. The number of carbonyl (C=O) groups is 2. The summed E-state index contributed by atoms with van der Waals surface area (Å²) in [5.41, 5.74) is 0. The van der Waals surface area contributed by atoms with Gasteiger partial charge in [-0.15, -0.1) is 0 Å². The van der Waals surface area contributed by atoms with Gasteiger partial charge in [-0.3, -0.25) is 9.59 Å². The van der Waals surface area contributed by atoms with Crippen LogP contribution in [0.2, 0.25) is 0 Å². The fraction of sp³-hybridized carbons (Fsp3) is 0.800. The zero-order chi connectivity index (χ0) is 14.3. The van der Waals surface area contributed by atoms with Gasteiger partial charge in [-0.05, 0) is 0 Å². The van der Waals surface area contributed by atoms with Gasteiger partial charge >= 0.3 is 11.9 Å². The molecule has 0 saturated heterocycles. The summed E-state index contributed by atoms with van der Waals surface area (Å²) in [6.07, 6.45) is -4.28. The summed E-state index contributed by atoms with van der Waals surface area (Å²) < 4.78 is 39.6. The van der Waals surface area contributed by atoms with E-state index in [0.29, 0.717) is 0 Å². The van der Waals surface area contributed by atoms with Gasteiger partial charge in [0, 0.05) is 21.0 Å². The van der Waals surface area contributed by atoms with Crippen LogP contribution < -0.4 is 0 Å². The first-order valence-corrected chi connectivity index (χ1v) is 5.16. The fourth-order valence-electron chi connectivity index (χ4n) is 1.25. The minimum Gasteiger partial charge on any atom is -0.465 e. The molecule has 3 atom stereocenters. The number of hydrogen-bond donors (Lipinski definition) is 0. The number of rotatable bonds is 7. The van der Waals surface area contributed by atoms with Gasteiger partial charge in [0.2, 0.25) is 6.43 Å². The van der Waals surface area contributed by atoms with E-state index in [2.05, 4.69) is 9.47 Å². The first kappa shape index (κ1) is 16.8. The van der Waals surface area contributed by atoms with Crippen molar-refractivity contribution >= 4 is 19.8 Å². The van der Waals surface area contributed by atoms with Crippen molar-refractivity contribution < 1.29 is 32.6 Å². The lowest BCUT2D eigenvalue weighted by Crippen LogP contribution is -2.44. The van der Waals surface area contributed by atoms with Crippen LogP contribution in [0.5, 0.6) is 0 Å². The molecule has 0 unspecified atom stereocenters. The molecule has 0 fully saturated rings. The van der Waals surface area contributed by atoms with Crippen molar-refractivity contribution in [1.29, 1.82) is 0 Å². The van der Waals surface area contributed by atoms with Crippen LogP contribution in [-0.4, -0.2) is 52.0 Å². The van der Waals surface area contributed by atoms with Gasteiger partial charge in [0.05, 0.1) is 11.9 Å². The Hall–Kier alpha value is -1.18. The van der Waals surface area contributed by atoms with E-state index in [1.807, 2.05) is 0 Å². The quantitative estimate of drug-likeness (QED) is 0.495. The first-order valence-electron chi connectivity index (χ1n) is 5.16. The molecule has 0 saturated carbocycles. The van der Waals surface area contributed by atoms with E-state index >= 15 is 0 Å². The fourth-order valence-corrected chi connectivity index (χ4v) is 1.25. The molecule has 0 bridgehead atoms. The molecule has 18 heavy (non-hydrogen) atoms. The SMILES string of the molecule is [B][C@H](OC)[C@H](OC(C)=O)[C@@H](COC(C)=O)C(F)F. The molecule has 2 radical (unpaired) electrons. The second-order valence-corrected chi connectivity index (χ2v) is 3.58. The summed E-state index contributed by atoms with van der Waals surface area (Å²) in [5, 5.41) is 0. The van der Waals surface area contributed by atoms with Gasteiger partial charge in [-0.25, -0.2) is 8.78 Å². The monoisotopic (exact) mass is 264 g/mol. The van der Waals surface area contributed by atoms with Crippen LogP contribution in [-0.2, 0) is 23.8 Å². The van der Waals surface area contributed by atoms with Crippen LogP contribution >= 0.6 is 0 Å². The number of halogens is 2. The Kier molecular flexibility index (Phi) is 7.50. The van der Waals surface area contributed by atoms with Crippen molar-refractivity contribution in [3.63, 3.8) is 0 Å². The van der Waals surface area contributed by atoms with E-state index in [4.69, 9.17) is 12.6 Å². The average Bonchev–Trinajstić information content (AvgIpc) is 2.25. The maximum atomic E-state index is 12.9. The number of alkyl halides is 2. The second kappa shape index (κ2) is 8.02. The molecule has 0 aromatic carbocycles. The molecule has 0 aliphatic carbocycles. The zero-order valence-electron chi connectivity index (χ0n) is 10.4. The summed E-state index contributed by atoms with van der Waals surface area (Å²) in [4.78, 5) is 21.5. The van der Waals surface area contributed by atoms with Gasteiger partial charge in [-0.2, -0.15) is 0 Å². The number of esters is 2. The van der Waals surface area contributed by atoms with E-state index in [1.165, 1.54) is 7.11 Å². The van der Waals surface area contributed by atoms with Crippen LogP contribution in [0.25, 0.3) is 0 Å². The molecule has 0 heterocycles. The highest BCUT2D eigenvalue weighted by Crippen LogP contribution is 2.21. The molecular weight excluding hydrogens is 249 g/mol. The first-order chi connectivity index (χ1) is 8.29. The number of hydrogen-bond acceptors (Lipinski definition) is 5. The smallest absolute Gasteiger partial charge is 0.302 e. The van der Waals surface area contributed by atoms with E-state index < -0.39 is 43.0 Å². The number of ether oxygens (including phenoxy) is 3. The van der Waals surface area contributed by atoms with Crippen LogP contribution in [0.3, 0.4) is 0 Å². The topological polar surface area (TPSA) is 61.8 Å². The molecule has 0 aromatic rings. The van der Waals surface area contributed by atoms with Crippen molar-refractivity contribution in [2.24, 2.45) is 5.92 Å². The maximum Gasteiger partial charge on any atom is 0.302 e. The van der Waals surface area contributed by atoms with Crippen LogP contribution in [0.4, 0.5) is 8.78 Å². The highest BCUT2D eigenvalue weighted by atomic mass is 19.3. The van der Waals surface area contributed by atoms with Crippen molar-refractivity contribution in [3.8, 4) is 0 Å². The second-order valence-electron chi connectivity index (χ2n) is 3.58. The molecule has 5 nitrogen and oxygen atoms in total. The molecule has 8 heteroatoms. The molecule has 0 spiro atoms. The van der Waals surface area contributed by atoms with Gasteiger partial charge in [0.25, 0.3) is 0 Å². The molecule has 102 valence electrons. The van der Waals surface area contributed by atoms with Crippen molar-refractivity contribution in [1.82, 2.24) is 0 Å². The highest BCUT2D eigenvalue weighted by Gasteiger charge is 2.36. The average molecular weight is 264 g/mol. The number of methoxy groups -OCH3 is 1. The maximum absolute atomic E-state index is 12.9. The summed E-state index contributed by atoms with van der Waals surface area (Å²) >= 11 is 0. The molecular formula is C10H15BF2O5. The Balaban J connectivity index is 4.84. The lowest BCUT2D eigenvalue weighted by Gasteiger charge is -2.29. The Bertz CT molecular complexity index is 287. The van der Waals surface area contributed by atoms with Crippen LogP contribution in [0.15, 0.2) is 0 Å². The zero-order valence-corrected chi connectivity index (χ0v) is 10.4. The standard InChI is InChI=1S/C10H15BF2O5/c1-5(14)17-4-7(10(12)13)8(9(11)16-3)18-6(2)15/h7-10H,4H2,1-3H3/t7-,8-,9-/m1/s1. The Morgan fingerprint density at radius 2 is 1.78 bits per heavy atom. The molecule has 0 rings (SSSR count). The van der Waals surface area contributed by atoms with Gasteiger partial charge in [-0.1, -0.05) is 0 Å². The van der Waals surface area contributed by atoms with Gasteiger partial charge in [0.15, 0.2) is 0 Å². The predicted octanol–water partition coefficient (Wildman–Crippen LogP) is 0.503. The minimum absolute atomic E-state index is 0.609. The molecule has 0 aliphatic rings. The number of carbonyl (C=O) groups excluding carboxylic acids is 2.